The van der Waals surface area contributed by atoms with Crippen molar-refractivity contribution in [1.29, 1.82) is 0 Å². The molecule has 0 amide bonds. The van der Waals surface area contributed by atoms with Crippen molar-refractivity contribution in [2.45, 2.75) is 90.6 Å². The smallest absolute Gasteiger partial charge is 0.855 e. The van der Waals surface area contributed by atoms with Crippen molar-refractivity contribution in [3.05, 3.63) is 0 Å². The SMILES string of the molecule is CCCCC[SH](C)(C(C)C)=P([O-])([O-])[S-].CCCCC[SH](C)(C(C)C)=P([O-])([O-])[S-].[Zn+2].[Zn+2].[Zn+2]. The van der Waals surface area contributed by atoms with Crippen LogP contribution in [0.4, 0.5) is 0 Å². The Balaban J connectivity index is -0.000000133. The molecule has 0 aliphatic carbocycles. The van der Waals surface area contributed by atoms with Gasteiger partial charge in [-0.2, -0.15) is 0 Å². The summed E-state index contributed by atoms with van der Waals surface area (Å²) in [6, 6.07) is 0. The summed E-state index contributed by atoms with van der Waals surface area (Å²) in [6.07, 6.45) is 10.3. The minimum atomic E-state index is -3.54. The topological polar surface area (TPSA) is 92.2 Å². The fourth-order valence-electron chi connectivity index (χ4n) is 2.69. The van der Waals surface area contributed by atoms with Crippen LogP contribution in [0.3, 0.4) is 0 Å². The van der Waals surface area contributed by atoms with E-state index in [0.717, 1.165) is 50.0 Å². The summed E-state index contributed by atoms with van der Waals surface area (Å²) in [5, 5.41) is 0.417. The summed E-state index contributed by atoms with van der Waals surface area (Å²) in [6.45, 7) is 12.2. The number of thiol groups is 2. The monoisotopic (exact) mass is 706 g/mol. The summed E-state index contributed by atoms with van der Waals surface area (Å²) in [4.78, 5) is 46.3. The van der Waals surface area contributed by atoms with Gasteiger partial charge in [-0.25, -0.2) is 0 Å². The predicted octanol–water partition coefficient (Wildman–Crippen LogP) is 2.08. The van der Waals surface area contributed by atoms with Gasteiger partial charge in [0.15, 0.2) is 0 Å². The molecule has 0 spiro atoms. The Morgan fingerprint density at radius 2 is 0.839 bits per heavy atom. The van der Waals surface area contributed by atoms with Crippen LogP contribution in [0.15, 0.2) is 0 Å². The fourth-order valence-corrected chi connectivity index (χ4v) is 17.6. The molecule has 0 radical (unpaired) electrons. The van der Waals surface area contributed by atoms with E-state index >= 15 is 0 Å². The van der Waals surface area contributed by atoms with Crippen LogP contribution >= 0.6 is 11.4 Å². The van der Waals surface area contributed by atoms with Gasteiger partial charge >= 0.3 is 58.4 Å². The molecule has 0 aromatic rings. The summed E-state index contributed by atoms with van der Waals surface area (Å²) >= 11 is 9.39. The molecule has 0 unspecified atom stereocenters. The van der Waals surface area contributed by atoms with Crippen molar-refractivity contribution in [2.24, 2.45) is 0 Å². The quantitative estimate of drug-likeness (QED) is 0.119. The second kappa shape index (κ2) is 21.0. The van der Waals surface area contributed by atoms with Gasteiger partial charge in [0.2, 0.25) is 0 Å². The van der Waals surface area contributed by atoms with Gasteiger partial charge in [-0.05, 0) is 47.4 Å². The van der Waals surface area contributed by atoms with Gasteiger partial charge in [0.1, 0.15) is 0 Å². The molecule has 0 aliphatic rings. The molecule has 13 heteroatoms. The van der Waals surface area contributed by atoms with Crippen molar-refractivity contribution in [3.8, 4) is 0 Å². The van der Waals surface area contributed by atoms with E-state index in [1.165, 1.54) is 0 Å². The van der Waals surface area contributed by atoms with E-state index in [9.17, 15) is 19.6 Å². The molecule has 0 saturated heterocycles. The predicted molar refractivity (Wildman–Crippen MR) is 137 cm³/mol. The van der Waals surface area contributed by atoms with Crippen LogP contribution in [0.25, 0.3) is 0 Å². The zero-order chi connectivity index (χ0) is 22.8. The first kappa shape index (κ1) is 44.9. The van der Waals surface area contributed by atoms with Gasteiger partial charge in [0.25, 0.3) is 0 Å². The molecule has 0 N–H and O–H groups in total. The van der Waals surface area contributed by atoms with E-state index in [1.807, 2.05) is 40.2 Å². The molecule has 4 nitrogen and oxygen atoms in total. The third-order valence-electron chi connectivity index (χ3n) is 5.77. The second-order valence-corrected chi connectivity index (χ2v) is 31.3. The van der Waals surface area contributed by atoms with Crippen LogP contribution in [0.5, 0.6) is 0 Å². The average Bonchev–Trinajstić information content (AvgIpc) is 2.53. The summed E-state index contributed by atoms with van der Waals surface area (Å²) in [5.41, 5.74) is -7.08. The Hall–Kier alpha value is 3.97. The van der Waals surface area contributed by atoms with Crippen LogP contribution in [0.2, 0.25) is 0 Å². The molecular formula is C18H44O4P2S4Zn3. The molecule has 0 saturated carbocycles. The van der Waals surface area contributed by atoms with Crippen LogP contribution in [0.1, 0.15) is 80.1 Å². The van der Waals surface area contributed by atoms with E-state index < -0.39 is 29.8 Å². The first-order valence-electron chi connectivity index (χ1n) is 10.3. The maximum atomic E-state index is 11.6. The van der Waals surface area contributed by atoms with Gasteiger partial charge in [0.05, 0.1) is 0 Å². The van der Waals surface area contributed by atoms with Crippen molar-refractivity contribution in [2.75, 3.05) is 24.0 Å². The van der Waals surface area contributed by atoms with E-state index in [0.29, 0.717) is 0 Å². The normalized spacial score (nSPS) is 13.4. The Kier molecular flexibility index (Phi) is 30.4. The molecule has 0 aromatic carbocycles. The molecular weight excluding hydrogens is 667 g/mol. The van der Waals surface area contributed by atoms with Gasteiger partial charge in [-0.1, -0.05) is 67.2 Å². The standard InChI is InChI=1S/2C9H22O2PS2.3Zn/c2*1-5-6-7-8-14(4,9(2)3)12(10,11)13;;;/h2*9,14H,5-8H2,1-4H3;;;/q2*-3;3*+2. The summed E-state index contributed by atoms with van der Waals surface area (Å²) < 4.78 is 0. The first-order valence-corrected chi connectivity index (χ1v) is 21.9. The second-order valence-electron chi connectivity index (χ2n) is 8.41. The van der Waals surface area contributed by atoms with Crippen molar-refractivity contribution >= 4 is 54.3 Å². The maximum Gasteiger partial charge on any atom is 2.00 e. The average molecular weight is 711 g/mol. The molecule has 180 valence electrons. The van der Waals surface area contributed by atoms with E-state index in [2.05, 4.69) is 13.8 Å². The van der Waals surface area contributed by atoms with Gasteiger partial charge in [-0.15, -0.1) is 0 Å². The number of rotatable bonds is 10. The molecule has 0 rings (SSSR count). The molecule has 0 aromatic heterocycles. The fraction of sp³-hybridized carbons (Fsp3) is 1.00. The zero-order valence-corrected chi connectivity index (χ0v) is 35.3. The summed E-state index contributed by atoms with van der Waals surface area (Å²) in [5.74, 6) is 1.62. The minimum Gasteiger partial charge on any atom is -0.855 e. The maximum absolute atomic E-state index is 11.6. The number of unbranched alkanes of at least 4 members (excludes halogenated alkanes) is 4. The molecule has 0 aliphatic heterocycles. The van der Waals surface area contributed by atoms with Gasteiger partial charge in [0, 0.05) is 0 Å². The van der Waals surface area contributed by atoms with Crippen LogP contribution in [0, 0.1) is 0 Å². The Morgan fingerprint density at radius 3 is 0.968 bits per heavy atom. The summed E-state index contributed by atoms with van der Waals surface area (Å²) in [7, 11) is -3.88. The Bertz CT molecular complexity index is 540. The molecule has 31 heavy (non-hydrogen) atoms. The first-order chi connectivity index (χ1) is 12.5. The van der Waals surface area contributed by atoms with E-state index in [-0.39, 0.29) is 68.9 Å². The van der Waals surface area contributed by atoms with Crippen LogP contribution in [-0.2, 0) is 101 Å². The molecule has 0 bridgehead atoms. The number of hydrogen-bond donors (Lipinski definition) is 2. The van der Waals surface area contributed by atoms with Gasteiger partial charge in [-0.3, -0.25) is 0 Å². The molecule has 0 heterocycles. The van der Waals surface area contributed by atoms with Gasteiger partial charge < -0.3 is 73.9 Å². The van der Waals surface area contributed by atoms with Crippen molar-refractivity contribution in [1.82, 2.24) is 0 Å². The minimum absolute atomic E-state index is 0. The Labute approximate surface area is 244 Å². The zero-order valence-electron chi connectivity index (χ0n) is 21.2. The molecule has 0 fully saturated rings. The van der Waals surface area contributed by atoms with Crippen molar-refractivity contribution < 1.29 is 78.0 Å². The Morgan fingerprint density at radius 1 is 0.613 bits per heavy atom. The number of hydrogen-bond acceptors (Lipinski definition) is 6. The third-order valence-corrected chi connectivity index (χ3v) is 32.3. The third kappa shape index (κ3) is 16.4. The van der Waals surface area contributed by atoms with E-state index in [4.69, 9.17) is 24.5 Å². The van der Waals surface area contributed by atoms with Crippen LogP contribution < -0.4 is 19.6 Å². The molecule has 0 atom stereocenters. The van der Waals surface area contributed by atoms with Crippen molar-refractivity contribution in [3.63, 3.8) is 0 Å². The largest absolute Gasteiger partial charge is 2.00 e. The van der Waals surface area contributed by atoms with E-state index in [1.54, 1.807) is 0 Å². The van der Waals surface area contributed by atoms with Crippen LogP contribution in [-0.4, -0.2) is 34.5 Å².